The molecule has 1 heterocycles. The fraction of sp³-hybridized carbons (Fsp3) is 0.308. The van der Waals surface area contributed by atoms with Crippen molar-refractivity contribution in [2.75, 3.05) is 6.54 Å². The molecule has 3 rings (SSSR count). The summed E-state index contributed by atoms with van der Waals surface area (Å²) in [6.45, 7) is 1.17. The molecule has 1 amide bonds. The van der Waals surface area contributed by atoms with Crippen LogP contribution in [0.3, 0.4) is 0 Å². The van der Waals surface area contributed by atoms with E-state index >= 15 is 0 Å². The molecule has 0 aromatic heterocycles. The van der Waals surface area contributed by atoms with Crippen LogP contribution in [0.1, 0.15) is 5.56 Å². The molecule has 82 valence electrons. The summed E-state index contributed by atoms with van der Waals surface area (Å²) < 4.78 is 5.24. The van der Waals surface area contributed by atoms with E-state index in [1.807, 2.05) is 30.3 Å². The highest BCUT2D eigenvalue weighted by Crippen LogP contribution is 2.34. The molecule has 3 nitrogen and oxygen atoms in total. The number of hydrogen-bond donors (Lipinski definition) is 0. The highest BCUT2D eigenvalue weighted by atomic mass is 16.6. The van der Waals surface area contributed by atoms with Gasteiger partial charge >= 0.3 is 6.09 Å². The van der Waals surface area contributed by atoms with Gasteiger partial charge in [-0.2, -0.15) is 0 Å². The summed E-state index contributed by atoms with van der Waals surface area (Å²) in [6.07, 6.45) is 4.00. The fourth-order valence-corrected chi connectivity index (χ4v) is 2.08. The summed E-state index contributed by atoms with van der Waals surface area (Å²) >= 11 is 0. The smallest absolute Gasteiger partial charge is 0.410 e. The van der Waals surface area contributed by atoms with Crippen LogP contribution in [0.25, 0.3) is 0 Å². The van der Waals surface area contributed by atoms with Crippen LogP contribution in [0.5, 0.6) is 0 Å². The van der Waals surface area contributed by atoms with Crippen molar-refractivity contribution in [2.45, 2.75) is 12.6 Å². The van der Waals surface area contributed by atoms with E-state index in [1.165, 1.54) is 0 Å². The minimum Gasteiger partial charge on any atom is -0.445 e. The van der Waals surface area contributed by atoms with Gasteiger partial charge in [-0.3, -0.25) is 0 Å². The summed E-state index contributed by atoms with van der Waals surface area (Å²) in [4.78, 5) is 13.4. The first kappa shape index (κ1) is 9.46. The van der Waals surface area contributed by atoms with Gasteiger partial charge in [0.2, 0.25) is 0 Å². The Morgan fingerprint density at radius 2 is 2.12 bits per heavy atom. The van der Waals surface area contributed by atoms with Gasteiger partial charge in [-0.05, 0) is 5.56 Å². The molecule has 16 heavy (non-hydrogen) atoms. The predicted octanol–water partition coefficient (Wildman–Crippen LogP) is 2.19. The Hall–Kier alpha value is -1.77. The van der Waals surface area contributed by atoms with Crippen LogP contribution in [0.15, 0.2) is 42.5 Å². The fourth-order valence-electron chi connectivity index (χ4n) is 2.08. The summed E-state index contributed by atoms with van der Waals surface area (Å²) in [5.74, 6) is 0.587. The Kier molecular flexibility index (Phi) is 2.17. The van der Waals surface area contributed by atoms with E-state index in [2.05, 4.69) is 12.2 Å². The molecular formula is C13H13NO2. The largest absolute Gasteiger partial charge is 0.445 e. The van der Waals surface area contributed by atoms with Crippen LogP contribution in [-0.4, -0.2) is 23.6 Å². The highest BCUT2D eigenvalue weighted by molar-refractivity contribution is 5.70. The third-order valence-corrected chi connectivity index (χ3v) is 3.20. The van der Waals surface area contributed by atoms with Gasteiger partial charge in [-0.15, -0.1) is 0 Å². The van der Waals surface area contributed by atoms with E-state index in [1.54, 1.807) is 4.90 Å². The lowest BCUT2D eigenvalue weighted by Crippen LogP contribution is -2.60. The van der Waals surface area contributed by atoms with Crippen molar-refractivity contribution in [3.8, 4) is 0 Å². The average Bonchev–Trinajstić information content (AvgIpc) is 2.31. The summed E-state index contributed by atoms with van der Waals surface area (Å²) in [6, 6.07) is 10.0. The minimum absolute atomic E-state index is 0.200. The number of carbonyl (C=O) groups is 1. The van der Waals surface area contributed by atoms with E-state index in [0.717, 1.165) is 12.1 Å². The van der Waals surface area contributed by atoms with Gasteiger partial charge in [-0.25, -0.2) is 4.79 Å². The van der Waals surface area contributed by atoms with E-state index in [4.69, 9.17) is 4.74 Å². The van der Waals surface area contributed by atoms with E-state index in [0.29, 0.717) is 18.6 Å². The summed E-state index contributed by atoms with van der Waals surface area (Å²) in [5.41, 5.74) is 1.03. The standard InChI is InChI=1S/C13H13NO2/c15-13(14-8-11-6-7-12(11)14)16-9-10-4-2-1-3-5-10/h1-7,11-12H,8-9H2. The normalized spacial score (nSPS) is 25.4. The molecule has 1 fully saturated rings. The van der Waals surface area contributed by atoms with E-state index in [9.17, 15) is 4.79 Å². The third kappa shape index (κ3) is 1.48. The Labute approximate surface area is 94.3 Å². The van der Waals surface area contributed by atoms with Crippen LogP contribution in [0.4, 0.5) is 4.79 Å². The zero-order valence-electron chi connectivity index (χ0n) is 8.87. The van der Waals surface area contributed by atoms with Crippen LogP contribution in [-0.2, 0) is 11.3 Å². The molecule has 1 aliphatic heterocycles. The summed E-state index contributed by atoms with van der Waals surface area (Å²) in [5, 5.41) is 0. The zero-order valence-corrected chi connectivity index (χ0v) is 8.87. The second-order valence-electron chi connectivity index (χ2n) is 4.23. The highest BCUT2D eigenvalue weighted by Gasteiger charge is 2.44. The molecule has 0 radical (unpaired) electrons. The van der Waals surface area contributed by atoms with E-state index in [-0.39, 0.29) is 6.09 Å². The van der Waals surface area contributed by atoms with Gasteiger partial charge in [0, 0.05) is 12.5 Å². The minimum atomic E-state index is -0.200. The first-order chi connectivity index (χ1) is 7.84. The molecule has 0 bridgehead atoms. The topological polar surface area (TPSA) is 29.5 Å². The Bertz CT molecular complexity index is 427. The Morgan fingerprint density at radius 3 is 2.69 bits per heavy atom. The zero-order chi connectivity index (χ0) is 11.0. The molecule has 2 atom stereocenters. The predicted molar refractivity (Wildman–Crippen MR) is 59.8 cm³/mol. The average molecular weight is 215 g/mol. The first-order valence-corrected chi connectivity index (χ1v) is 5.50. The molecule has 1 aromatic carbocycles. The number of likely N-dealkylation sites (tertiary alicyclic amines) is 1. The Morgan fingerprint density at radius 1 is 1.31 bits per heavy atom. The van der Waals surface area contributed by atoms with Crippen LogP contribution in [0, 0.1) is 5.92 Å². The molecule has 1 aliphatic carbocycles. The maximum atomic E-state index is 11.7. The Balaban J connectivity index is 1.52. The monoisotopic (exact) mass is 215 g/mol. The van der Waals surface area contributed by atoms with Gasteiger partial charge in [0.15, 0.2) is 0 Å². The van der Waals surface area contributed by atoms with Gasteiger partial charge in [0.05, 0.1) is 6.04 Å². The van der Waals surface area contributed by atoms with Gasteiger partial charge in [0.25, 0.3) is 0 Å². The number of carbonyl (C=O) groups excluding carboxylic acids is 1. The SMILES string of the molecule is O=C(OCc1ccccc1)N1CC2C=CC21. The van der Waals surface area contributed by atoms with Crippen molar-refractivity contribution in [1.29, 1.82) is 0 Å². The lowest BCUT2D eigenvalue weighted by molar-refractivity contribution is 0.0263. The maximum absolute atomic E-state index is 11.7. The van der Waals surface area contributed by atoms with Gasteiger partial charge in [-0.1, -0.05) is 42.5 Å². The second-order valence-corrected chi connectivity index (χ2v) is 4.23. The van der Waals surface area contributed by atoms with Crippen molar-refractivity contribution < 1.29 is 9.53 Å². The lowest BCUT2D eigenvalue weighted by atomic mass is 9.80. The molecule has 0 saturated carbocycles. The van der Waals surface area contributed by atoms with Gasteiger partial charge in [0.1, 0.15) is 6.61 Å². The van der Waals surface area contributed by atoms with Crippen molar-refractivity contribution >= 4 is 6.09 Å². The molecular weight excluding hydrogens is 202 g/mol. The van der Waals surface area contributed by atoms with Crippen LogP contribution in [0.2, 0.25) is 0 Å². The second kappa shape index (κ2) is 3.67. The first-order valence-electron chi connectivity index (χ1n) is 5.50. The maximum Gasteiger partial charge on any atom is 0.410 e. The van der Waals surface area contributed by atoms with Crippen molar-refractivity contribution in [3.63, 3.8) is 0 Å². The lowest BCUT2D eigenvalue weighted by Gasteiger charge is -2.49. The number of ether oxygens (including phenoxy) is 1. The molecule has 2 unspecified atom stereocenters. The number of hydrogen-bond acceptors (Lipinski definition) is 2. The number of fused-ring (bicyclic) bond motifs is 1. The van der Waals surface area contributed by atoms with Gasteiger partial charge < -0.3 is 9.64 Å². The molecule has 0 N–H and O–H groups in total. The van der Waals surface area contributed by atoms with Crippen molar-refractivity contribution in [3.05, 3.63) is 48.0 Å². The number of amides is 1. The molecule has 0 spiro atoms. The third-order valence-electron chi connectivity index (χ3n) is 3.20. The number of benzene rings is 1. The molecule has 1 saturated heterocycles. The molecule has 2 aliphatic rings. The van der Waals surface area contributed by atoms with Crippen LogP contribution >= 0.6 is 0 Å². The van der Waals surface area contributed by atoms with E-state index < -0.39 is 0 Å². The summed E-state index contributed by atoms with van der Waals surface area (Å²) in [7, 11) is 0. The van der Waals surface area contributed by atoms with Crippen molar-refractivity contribution in [2.24, 2.45) is 5.92 Å². The van der Waals surface area contributed by atoms with Crippen molar-refractivity contribution in [1.82, 2.24) is 4.90 Å². The number of nitrogens with zero attached hydrogens (tertiary/aromatic N) is 1. The number of rotatable bonds is 2. The molecule has 1 aromatic rings. The quantitative estimate of drug-likeness (QED) is 0.708. The molecule has 3 heteroatoms. The van der Waals surface area contributed by atoms with Crippen LogP contribution < -0.4 is 0 Å².